The average Bonchev–Trinajstić information content (AvgIpc) is 2.34. The Kier molecular flexibility index (Phi) is 4.09. The summed E-state index contributed by atoms with van der Waals surface area (Å²) in [7, 11) is 0. The summed E-state index contributed by atoms with van der Waals surface area (Å²) >= 11 is 5.92. The largest absolute Gasteiger partial charge is 0.443 e. The van der Waals surface area contributed by atoms with Crippen LogP contribution < -0.4 is 4.90 Å². The summed E-state index contributed by atoms with van der Waals surface area (Å²) in [4.78, 5) is 24.3. The zero-order chi connectivity index (χ0) is 15.8. The van der Waals surface area contributed by atoms with Crippen molar-refractivity contribution in [2.75, 3.05) is 11.4 Å². The molecule has 0 radical (unpaired) electrons. The quantitative estimate of drug-likeness (QED) is 0.581. The van der Waals surface area contributed by atoms with E-state index in [-0.39, 0.29) is 5.69 Å². The standard InChI is InChI=1S/C14H17ClN2O4/c1-14(2,3)21-13(18)16-6-4-5-9-7-10(15)8-11(12(9)16)17(19)20/h7-8H,4-6H2,1-3H3. The fourth-order valence-electron chi connectivity index (χ4n) is 2.32. The maximum absolute atomic E-state index is 12.3. The molecule has 0 aromatic heterocycles. The monoisotopic (exact) mass is 312 g/mol. The second-order valence-corrected chi connectivity index (χ2v) is 6.36. The molecule has 0 unspecified atom stereocenters. The highest BCUT2D eigenvalue weighted by Crippen LogP contribution is 2.39. The highest BCUT2D eigenvalue weighted by molar-refractivity contribution is 6.31. The van der Waals surface area contributed by atoms with Crippen LogP contribution in [-0.4, -0.2) is 23.2 Å². The van der Waals surface area contributed by atoms with Crippen LogP contribution in [0.15, 0.2) is 12.1 Å². The summed E-state index contributed by atoms with van der Waals surface area (Å²) in [5.74, 6) is 0. The van der Waals surface area contributed by atoms with E-state index in [2.05, 4.69) is 0 Å². The molecule has 21 heavy (non-hydrogen) atoms. The summed E-state index contributed by atoms with van der Waals surface area (Å²) in [6, 6.07) is 2.93. The van der Waals surface area contributed by atoms with Gasteiger partial charge in [0.25, 0.3) is 5.69 Å². The second-order valence-electron chi connectivity index (χ2n) is 5.93. The Morgan fingerprint density at radius 1 is 1.43 bits per heavy atom. The third-order valence-corrected chi connectivity index (χ3v) is 3.26. The van der Waals surface area contributed by atoms with Gasteiger partial charge in [-0.15, -0.1) is 0 Å². The zero-order valence-electron chi connectivity index (χ0n) is 12.2. The average molecular weight is 313 g/mol. The molecule has 0 aliphatic carbocycles. The maximum atomic E-state index is 12.3. The van der Waals surface area contributed by atoms with Crippen molar-refractivity contribution in [2.45, 2.75) is 39.2 Å². The molecule has 0 atom stereocenters. The van der Waals surface area contributed by atoms with Crippen LogP contribution in [0.2, 0.25) is 5.02 Å². The number of benzene rings is 1. The van der Waals surface area contributed by atoms with Gasteiger partial charge in [-0.25, -0.2) is 4.79 Å². The van der Waals surface area contributed by atoms with Crippen LogP contribution in [0.5, 0.6) is 0 Å². The normalized spacial score (nSPS) is 14.6. The van der Waals surface area contributed by atoms with Gasteiger partial charge in [0.15, 0.2) is 0 Å². The number of aryl methyl sites for hydroxylation is 1. The molecule has 1 aromatic carbocycles. The number of hydrogen-bond donors (Lipinski definition) is 0. The molecule has 1 aromatic rings. The predicted octanol–water partition coefficient (Wildman–Crippen LogP) is 3.94. The minimum atomic E-state index is -0.657. The molecule has 114 valence electrons. The van der Waals surface area contributed by atoms with Gasteiger partial charge in [0.05, 0.1) is 4.92 Å². The molecule has 0 bridgehead atoms. The number of hydrogen-bond acceptors (Lipinski definition) is 4. The number of nitrogens with zero attached hydrogens (tertiary/aromatic N) is 2. The number of fused-ring (bicyclic) bond motifs is 1. The molecule has 6 nitrogen and oxygen atoms in total. The van der Waals surface area contributed by atoms with Crippen molar-refractivity contribution in [1.29, 1.82) is 0 Å². The number of ether oxygens (including phenoxy) is 1. The van der Waals surface area contributed by atoms with Crippen LogP contribution in [0.3, 0.4) is 0 Å². The number of amides is 1. The Labute approximate surface area is 127 Å². The van der Waals surface area contributed by atoms with Crippen molar-refractivity contribution >= 4 is 29.1 Å². The van der Waals surface area contributed by atoms with Gasteiger partial charge in [-0.05, 0) is 45.2 Å². The van der Waals surface area contributed by atoms with Crippen molar-refractivity contribution in [3.05, 3.63) is 32.8 Å². The van der Waals surface area contributed by atoms with Crippen LogP contribution >= 0.6 is 11.6 Å². The molecule has 0 spiro atoms. The minimum absolute atomic E-state index is 0.164. The Balaban J connectivity index is 2.47. The topological polar surface area (TPSA) is 72.7 Å². The number of halogens is 1. The molecule has 1 heterocycles. The Morgan fingerprint density at radius 3 is 2.67 bits per heavy atom. The fourth-order valence-corrected chi connectivity index (χ4v) is 2.56. The Bertz CT molecular complexity index is 595. The summed E-state index contributed by atoms with van der Waals surface area (Å²) in [6.45, 7) is 5.66. The van der Waals surface area contributed by atoms with Crippen molar-refractivity contribution in [3.8, 4) is 0 Å². The molecule has 0 saturated carbocycles. The van der Waals surface area contributed by atoms with E-state index < -0.39 is 16.6 Å². The first-order valence-electron chi connectivity index (χ1n) is 6.66. The molecule has 0 fully saturated rings. The second kappa shape index (κ2) is 5.52. The van der Waals surface area contributed by atoms with Gasteiger partial charge in [-0.1, -0.05) is 11.6 Å². The number of carbonyl (C=O) groups is 1. The first kappa shape index (κ1) is 15.6. The maximum Gasteiger partial charge on any atom is 0.415 e. The van der Waals surface area contributed by atoms with Gasteiger partial charge in [-0.3, -0.25) is 15.0 Å². The van der Waals surface area contributed by atoms with Crippen molar-refractivity contribution < 1.29 is 14.5 Å². The first-order chi connectivity index (χ1) is 9.69. The smallest absolute Gasteiger partial charge is 0.415 e. The summed E-state index contributed by atoms with van der Waals surface area (Å²) in [5, 5.41) is 11.5. The first-order valence-corrected chi connectivity index (χ1v) is 7.04. The third kappa shape index (κ3) is 3.44. The van der Waals surface area contributed by atoms with Crippen LogP contribution in [0.1, 0.15) is 32.8 Å². The minimum Gasteiger partial charge on any atom is -0.443 e. The van der Waals surface area contributed by atoms with E-state index >= 15 is 0 Å². The molecule has 2 rings (SSSR count). The predicted molar refractivity (Wildman–Crippen MR) is 80.0 cm³/mol. The van der Waals surface area contributed by atoms with E-state index in [9.17, 15) is 14.9 Å². The summed E-state index contributed by atoms with van der Waals surface area (Å²) in [5.41, 5.74) is 0.176. The Morgan fingerprint density at radius 2 is 2.10 bits per heavy atom. The molecule has 7 heteroatoms. The summed E-state index contributed by atoms with van der Waals surface area (Å²) < 4.78 is 5.33. The zero-order valence-corrected chi connectivity index (χ0v) is 12.9. The lowest BCUT2D eigenvalue weighted by atomic mass is 10.0. The lowest BCUT2D eigenvalue weighted by Gasteiger charge is -2.31. The van der Waals surface area contributed by atoms with Crippen LogP contribution in [0.4, 0.5) is 16.2 Å². The lowest BCUT2D eigenvalue weighted by molar-refractivity contribution is -0.384. The molecular formula is C14H17ClN2O4. The fraction of sp³-hybridized carbons (Fsp3) is 0.500. The number of rotatable bonds is 1. The third-order valence-electron chi connectivity index (χ3n) is 3.04. The van der Waals surface area contributed by atoms with Crippen LogP contribution in [0, 0.1) is 10.1 Å². The van der Waals surface area contributed by atoms with Crippen LogP contribution in [-0.2, 0) is 11.2 Å². The number of nitro benzene ring substituents is 1. The van der Waals surface area contributed by atoms with E-state index in [1.54, 1.807) is 26.8 Å². The van der Waals surface area contributed by atoms with Gasteiger partial charge in [0, 0.05) is 17.6 Å². The molecule has 1 aliphatic heterocycles. The highest BCUT2D eigenvalue weighted by Gasteiger charge is 2.33. The number of anilines is 1. The van der Waals surface area contributed by atoms with Gasteiger partial charge in [0.1, 0.15) is 11.3 Å². The van der Waals surface area contributed by atoms with Gasteiger partial charge in [-0.2, -0.15) is 0 Å². The van der Waals surface area contributed by atoms with E-state index in [0.29, 0.717) is 35.7 Å². The molecule has 0 saturated heterocycles. The molecule has 0 N–H and O–H groups in total. The molecular weight excluding hydrogens is 296 g/mol. The Hall–Kier alpha value is -1.82. The highest BCUT2D eigenvalue weighted by atomic mass is 35.5. The van der Waals surface area contributed by atoms with Gasteiger partial charge in [0.2, 0.25) is 0 Å². The van der Waals surface area contributed by atoms with Crippen molar-refractivity contribution in [3.63, 3.8) is 0 Å². The van der Waals surface area contributed by atoms with E-state index in [1.165, 1.54) is 11.0 Å². The van der Waals surface area contributed by atoms with Crippen LogP contribution in [0.25, 0.3) is 0 Å². The summed E-state index contributed by atoms with van der Waals surface area (Å²) in [6.07, 6.45) is 0.786. The SMILES string of the molecule is CC(C)(C)OC(=O)N1CCCc2cc(Cl)cc([N+](=O)[O-])c21. The van der Waals surface area contributed by atoms with Crippen molar-refractivity contribution in [2.24, 2.45) is 0 Å². The van der Waals surface area contributed by atoms with Gasteiger partial charge < -0.3 is 4.74 Å². The molecule has 1 aliphatic rings. The number of carbonyl (C=O) groups excluding carboxylic acids is 1. The van der Waals surface area contributed by atoms with E-state index in [0.717, 1.165) is 0 Å². The van der Waals surface area contributed by atoms with Crippen molar-refractivity contribution in [1.82, 2.24) is 0 Å². The number of nitro groups is 1. The van der Waals surface area contributed by atoms with E-state index in [1.807, 2.05) is 0 Å². The lowest BCUT2D eigenvalue weighted by Crippen LogP contribution is -2.40. The molecule has 1 amide bonds. The van der Waals surface area contributed by atoms with Gasteiger partial charge >= 0.3 is 6.09 Å². The van der Waals surface area contributed by atoms with E-state index in [4.69, 9.17) is 16.3 Å².